The number of ether oxygens (including phenoxy) is 1. The SMILES string of the molecule is COC(=O)c1ccc(CC(=O)Cn2nc(N3CCC(C)CC3)ccc2=O)cn1. The molecule has 0 bridgehead atoms. The highest BCUT2D eigenvalue weighted by atomic mass is 16.5. The Balaban J connectivity index is 1.65. The smallest absolute Gasteiger partial charge is 0.356 e. The molecule has 0 N–H and O–H groups in total. The van der Waals surface area contributed by atoms with Crippen LogP contribution in [0.2, 0.25) is 0 Å². The molecule has 3 rings (SSSR count). The van der Waals surface area contributed by atoms with Crippen LogP contribution >= 0.6 is 0 Å². The minimum Gasteiger partial charge on any atom is -0.464 e. The molecule has 1 saturated heterocycles. The third-order valence-corrected chi connectivity index (χ3v) is 4.91. The maximum Gasteiger partial charge on any atom is 0.356 e. The lowest BCUT2D eigenvalue weighted by molar-refractivity contribution is -0.119. The fraction of sp³-hybridized carbons (Fsp3) is 0.450. The average Bonchev–Trinajstić information content (AvgIpc) is 2.70. The second kappa shape index (κ2) is 8.77. The summed E-state index contributed by atoms with van der Waals surface area (Å²) >= 11 is 0. The van der Waals surface area contributed by atoms with Gasteiger partial charge in [0, 0.05) is 31.8 Å². The van der Waals surface area contributed by atoms with Crippen LogP contribution in [0, 0.1) is 5.92 Å². The van der Waals surface area contributed by atoms with E-state index >= 15 is 0 Å². The second-order valence-electron chi connectivity index (χ2n) is 7.12. The van der Waals surface area contributed by atoms with Crippen LogP contribution in [-0.4, -0.2) is 46.7 Å². The number of piperidine rings is 1. The highest BCUT2D eigenvalue weighted by Gasteiger charge is 2.18. The normalized spacial score (nSPS) is 14.7. The van der Waals surface area contributed by atoms with Gasteiger partial charge in [-0.25, -0.2) is 14.5 Å². The first-order valence-corrected chi connectivity index (χ1v) is 9.34. The number of rotatable bonds is 6. The predicted molar refractivity (Wildman–Crippen MR) is 103 cm³/mol. The number of Topliss-reactive ketones (excluding diaryl/α,β-unsaturated/α-hetero) is 1. The molecule has 0 spiro atoms. The molecule has 0 atom stereocenters. The van der Waals surface area contributed by atoms with Crippen molar-refractivity contribution in [1.29, 1.82) is 0 Å². The van der Waals surface area contributed by atoms with E-state index in [4.69, 9.17) is 0 Å². The van der Waals surface area contributed by atoms with Crippen molar-refractivity contribution in [2.75, 3.05) is 25.1 Å². The Hall–Kier alpha value is -3.03. The lowest BCUT2D eigenvalue weighted by Gasteiger charge is -2.31. The first-order valence-electron chi connectivity index (χ1n) is 9.34. The zero-order valence-corrected chi connectivity index (χ0v) is 16.1. The number of pyridine rings is 1. The van der Waals surface area contributed by atoms with Crippen LogP contribution in [0.1, 0.15) is 35.8 Å². The van der Waals surface area contributed by atoms with Crippen molar-refractivity contribution in [2.45, 2.75) is 32.7 Å². The summed E-state index contributed by atoms with van der Waals surface area (Å²) in [6, 6.07) is 6.34. The standard InChI is InChI=1S/C20H24N4O4/c1-14-7-9-23(10-8-14)18-5-6-19(26)24(22-18)13-16(25)11-15-3-4-17(21-12-15)20(27)28-2/h3-6,12,14H,7-11,13H2,1-2H3. The monoisotopic (exact) mass is 384 g/mol. The van der Waals surface area contributed by atoms with Crippen LogP contribution in [0.15, 0.2) is 35.3 Å². The molecule has 0 aliphatic carbocycles. The van der Waals surface area contributed by atoms with Crippen LogP contribution in [0.3, 0.4) is 0 Å². The molecule has 1 fully saturated rings. The topological polar surface area (TPSA) is 94.4 Å². The average molecular weight is 384 g/mol. The Labute approximate surface area is 163 Å². The number of hydrogen-bond donors (Lipinski definition) is 0. The molecule has 8 heteroatoms. The number of methoxy groups -OCH3 is 1. The van der Waals surface area contributed by atoms with E-state index in [0.717, 1.165) is 31.7 Å². The third kappa shape index (κ3) is 4.82. The van der Waals surface area contributed by atoms with E-state index in [1.165, 1.54) is 30.1 Å². The van der Waals surface area contributed by atoms with E-state index in [-0.39, 0.29) is 30.0 Å². The Morgan fingerprint density at radius 1 is 1.18 bits per heavy atom. The molecular formula is C20H24N4O4. The molecule has 3 heterocycles. The van der Waals surface area contributed by atoms with Crippen molar-refractivity contribution in [3.05, 3.63) is 52.1 Å². The van der Waals surface area contributed by atoms with Crippen LogP contribution in [0.25, 0.3) is 0 Å². The summed E-state index contributed by atoms with van der Waals surface area (Å²) in [5, 5.41) is 4.38. The Bertz CT molecular complexity index is 899. The maximum atomic E-state index is 12.4. The molecule has 1 aliphatic heterocycles. The third-order valence-electron chi connectivity index (χ3n) is 4.91. The molecule has 2 aromatic rings. The number of ketones is 1. The number of anilines is 1. The van der Waals surface area contributed by atoms with Gasteiger partial charge in [0.1, 0.15) is 18.1 Å². The van der Waals surface area contributed by atoms with Crippen LogP contribution < -0.4 is 10.5 Å². The molecular weight excluding hydrogens is 360 g/mol. The van der Waals surface area contributed by atoms with Gasteiger partial charge in [0.25, 0.3) is 5.56 Å². The molecule has 2 aromatic heterocycles. The van der Waals surface area contributed by atoms with Gasteiger partial charge in [0.15, 0.2) is 5.78 Å². The molecule has 0 aromatic carbocycles. The zero-order chi connectivity index (χ0) is 20.1. The molecule has 8 nitrogen and oxygen atoms in total. The van der Waals surface area contributed by atoms with E-state index in [2.05, 4.69) is 26.6 Å². The van der Waals surface area contributed by atoms with E-state index < -0.39 is 5.97 Å². The number of carbonyl (C=O) groups is 2. The van der Waals surface area contributed by atoms with Gasteiger partial charge >= 0.3 is 5.97 Å². The van der Waals surface area contributed by atoms with Crippen molar-refractivity contribution >= 4 is 17.6 Å². The Kier molecular flexibility index (Phi) is 6.18. The molecule has 1 aliphatic rings. The molecule has 0 radical (unpaired) electrons. The number of carbonyl (C=O) groups excluding carboxylic acids is 2. The summed E-state index contributed by atoms with van der Waals surface area (Å²) < 4.78 is 5.81. The maximum absolute atomic E-state index is 12.4. The van der Waals surface area contributed by atoms with Gasteiger partial charge in [-0.1, -0.05) is 13.0 Å². The first-order chi connectivity index (χ1) is 13.5. The van der Waals surface area contributed by atoms with Gasteiger partial charge in [-0.15, -0.1) is 0 Å². The Morgan fingerprint density at radius 2 is 1.93 bits per heavy atom. The number of aromatic nitrogens is 3. The number of hydrogen-bond acceptors (Lipinski definition) is 7. The van der Waals surface area contributed by atoms with Crippen molar-refractivity contribution in [3.8, 4) is 0 Å². The van der Waals surface area contributed by atoms with Crippen molar-refractivity contribution in [2.24, 2.45) is 5.92 Å². The van der Waals surface area contributed by atoms with Crippen LogP contribution in [0.5, 0.6) is 0 Å². The Morgan fingerprint density at radius 3 is 2.57 bits per heavy atom. The summed E-state index contributed by atoms with van der Waals surface area (Å²) in [5.74, 6) is 0.732. The second-order valence-corrected chi connectivity index (χ2v) is 7.12. The van der Waals surface area contributed by atoms with E-state index in [1.54, 1.807) is 12.1 Å². The summed E-state index contributed by atoms with van der Waals surface area (Å²) in [6.07, 6.45) is 3.75. The predicted octanol–water partition coefficient (Wildman–Crippen LogP) is 1.47. The highest BCUT2D eigenvalue weighted by Crippen LogP contribution is 2.20. The molecule has 0 unspecified atom stereocenters. The van der Waals surface area contributed by atoms with Crippen LogP contribution in [-0.2, 0) is 22.5 Å². The quantitative estimate of drug-likeness (QED) is 0.696. The minimum absolute atomic E-state index is 0.102. The number of nitrogens with zero attached hydrogens (tertiary/aromatic N) is 4. The van der Waals surface area contributed by atoms with Gasteiger partial charge in [0.05, 0.1) is 7.11 Å². The fourth-order valence-corrected chi connectivity index (χ4v) is 3.16. The first kappa shape index (κ1) is 19.7. The fourth-order valence-electron chi connectivity index (χ4n) is 3.16. The highest BCUT2D eigenvalue weighted by molar-refractivity contribution is 5.87. The zero-order valence-electron chi connectivity index (χ0n) is 16.1. The molecule has 28 heavy (non-hydrogen) atoms. The van der Waals surface area contributed by atoms with E-state index in [0.29, 0.717) is 11.5 Å². The summed E-state index contributed by atoms with van der Waals surface area (Å²) in [6.45, 7) is 3.93. The van der Waals surface area contributed by atoms with Crippen LogP contribution in [0.4, 0.5) is 5.82 Å². The van der Waals surface area contributed by atoms with Gasteiger partial charge in [-0.3, -0.25) is 9.59 Å². The lowest BCUT2D eigenvalue weighted by atomic mass is 9.99. The van der Waals surface area contributed by atoms with Gasteiger partial charge in [-0.2, -0.15) is 5.10 Å². The summed E-state index contributed by atoms with van der Waals surface area (Å²) in [5.41, 5.74) is 0.536. The lowest BCUT2D eigenvalue weighted by Crippen LogP contribution is -2.36. The van der Waals surface area contributed by atoms with Gasteiger partial charge < -0.3 is 9.64 Å². The van der Waals surface area contributed by atoms with E-state index in [9.17, 15) is 14.4 Å². The van der Waals surface area contributed by atoms with Crippen molar-refractivity contribution in [1.82, 2.24) is 14.8 Å². The van der Waals surface area contributed by atoms with Crippen molar-refractivity contribution in [3.63, 3.8) is 0 Å². The minimum atomic E-state index is -0.530. The van der Waals surface area contributed by atoms with Crippen molar-refractivity contribution < 1.29 is 14.3 Å². The molecule has 0 amide bonds. The molecule has 0 saturated carbocycles. The molecule has 148 valence electrons. The summed E-state index contributed by atoms with van der Waals surface area (Å²) in [4.78, 5) is 42.1. The van der Waals surface area contributed by atoms with E-state index in [1.807, 2.05) is 0 Å². The number of esters is 1. The van der Waals surface area contributed by atoms with Gasteiger partial charge in [0.2, 0.25) is 0 Å². The van der Waals surface area contributed by atoms with Gasteiger partial charge in [-0.05, 0) is 36.5 Å². The summed E-state index contributed by atoms with van der Waals surface area (Å²) in [7, 11) is 1.28. The largest absolute Gasteiger partial charge is 0.464 e.